The summed E-state index contributed by atoms with van der Waals surface area (Å²) < 4.78 is 12.4. The first-order valence-corrected chi connectivity index (χ1v) is 11.5. The lowest BCUT2D eigenvalue weighted by atomic mass is 10.1. The molecule has 6 heteroatoms. The predicted octanol–water partition coefficient (Wildman–Crippen LogP) is 5.01. The SMILES string of the molecule is CCOc1ccc(CC(=O)N(C[C@H]2CCCO2)c2nc3ccc(CC)cc3s2)cc1. The van der Waals surface area contributed by atoms with Crippen molar-refractivity contribution in [1.29, 1.82) is 0 Å². The second-order valence-electron chi connectivity index (χ2n) is 7.55. The second kappa shape index (κ2) is 9.58. The van der Waals surface area contributed by atoms with Crippen molar-refractivity contribution in [2.45, 2.75) is 45.6 Å². The van der Waals surface area contributed by atoms with Crippen LogP contribution in [0.15, 0.2) is 42.5 Å². The van der Waals surface area contributed by atoms with Crippen molar-refractivity contribution in [2.75, 3.05) is 24.7 Å². The zero-order valence-corrected chi connectivity index (χ0v) is 18.4. The van der Waals surface area contributed by atoms with Crippen LogP contribution in [0.1, 0.15) is 37.8 Å². The number of hydrogen-bond donors (Lipinski definition) is 0. The molecule has 1 aliphatic rings. The molecule has 3 aromatic rings. The Morgan fingerprint density at radius 3 is 2.70 bits per heavy atom. The van der Waals surface area contributed by atoms with Gasteiger partial charge in [-0.05, 0) is 61.6 Å². The van der Waals surface area contributed by atoms with Gasteiger partial charge in [0.1, 0.15) is 5.75 Å². The molecule has 1 aliphatic heterocycles. The maximum atomic E-state index is 13.3. The molecule has 1 atom stereocenters. The minimum absolute atomic E-state index is 0.0458. The summed E-state index contributed by atoms with van der Waals surface area (Å²) in [4.78, 5) is 19.9. The van der Waals surface area contributed by atoms with Crippen LogP contribution in [-0.2, 0) is 22.4 Å². The van der Waals surface area contributed by atoms with E-state index < -0.39 is 0 Å². The topological polar surface area (TPSA) is 51.7 Å². The summed E-state index contributed by atoms with van der Waals surface area (Å²) in [5.41, 5.74) is 3.19. The molecule has 0 saturated carbocycles. The molecule has 1 fully saturated rings. The van der Waals surface area contributed by atoms with E-state index in [4.69, 9.17) is 14.5 Å². The molecule has 2 aromatic carbocycles. The third-order valence-corrected chi connectivity index (χ3v) is 6.42. The summed E-state index contributed by atoms with van der Waals surface area (Å²) in [5, 5.41) is 0.754. The Labute approximate surface area is 181 Å². The van der Waals surface area contributed by atoms with Gasteiger partial charge < -0.3 is 9.47 Å². The summed E-state index contributed by atoms with van der Waals surface area (Å²) in [6.07, 6.45) is 3.42. The van der Waals surface area contributed by atoms with Crippen molar-refractivity contribution in [3.05, 3.63) is 53.6 Å². The average molecular weight is 425 g/mol. The summed E-state index contributed by atoms with van der Waals surface area (Å²) in [6.45, 7) is 6.06. The Morgan fingerprint density at radius 2 is 2.00 bits per heavy atom. The summed E-state index contributed by atoms with van der Waals surface area (Å²) >= 11 is 1.58. The number of carbonyl (C=O) groups is 1. The number of fused-ring (bicyclic) bond motifs is 1. The molecular formula is C24H28N2O3S. The lowest BCUT2D eigenvalue weighted by molar-refractivity contribution is -0.118. The standard InChI is InChI=1S/C24H28N2O3S/c1-3-17-9-12-21-22(14-17)30-24(25-21)26(16-20-6-5-13-29-20)23(27)15-18-7-10-19(11-8-18)28-4-2/h7-12,14,20H,3-6,13,15-16H2,1-2H3/t20-/m1/s1. The third-order valence-electron chi connectivity index (χ3n) is 5.38. The molecule has 0 radical (unpaired) electrons. The van der Waals surface area contributed by atoms with Gasteiger partial charge in [-0.1, -0.05) is 36.5 Å². The van der Waals surface area contributed by atoms with E-state index in [1.54, 1.807) is 11.3 Å². The minimum atomic E-state index is 0.0458. The van der Waals surface area contributed by atoms with Crippen molar-refractivity contribution >= 4 is 32.6 Å². The summed E-state index contributed by atoms with van der Waals surface area (Å²) in [6, 6.07) is 14.1. The highest BCUT2D eigenvalue weighted by Crippen LogP contribution is 2.31. The number of thiazole rings is 1. The minimum Gasteiger partial charge on any atom is -0.494 e. The van der Waals surface area contributed by atoms with Crippen LogP contribution in [0, 0.1) is 0 Å². The molecule has 4 rings (SSSR count). The first-order valence-electron chi connectivity index (χ1n) is 10.7. The van der Waals surface area contributed by atoms with Gasteiger partial charge in [0.15, 0.2) is 5.13 Å². The van der Waals surface area contributed by atoms with Gasteiger partial charge >= 0.3 is 0 Å². The van der Waals surface area contributed by atoms with E-state index >= 15 is 0 Å². The van der Waals surface area contributed by atoms with Gasteiger partial charge in [-0.3, -0.25) is 9.69 Å². The summed E-state index contributed by atoms with van der Waals surface area (Å²) in [7, 11) is 0. The number of anilines is 1. The van der Waals surface area contributed by atoms with Crippen LogP contribution >= 0.6 is 11.3 Å². The predicted molar refractivity (Wildman–Crippen MR) is 122 cm³/mol. The number of amides is 1. The van der Waals surface area contributed by atoms with Gasteiger partial charge in [-0.2, -0.15) is 0 Å². The molecule has 0 unspecified atom stereocenters. The Balaban J connectivity index is 1.57. The number of ether oxygens (including phenoxy) is 2. The molecule has 1 saturated heterocycles. The van der Waals surface area contributed by atoms with Crippen molar-refractivity contribution < 1.29 is 14.3 Å². The van der Waals surface area contributed by atoms with Crippen LogP contribution in [0.5, 0.6) is 5.75 Å². The molecule has 0 bridgehead atoms. The first kappa shape index (κ1) is 20.8. The van der Waals surface area contributed by atoms with E-state index in [-0.39, 0.29) is 12.0 Å². The van der Waals surface area contributed by atoms with Crippen LogP contribution in [-0.4, -0.2) is 36.8 Å². The zero-order chi connectivity index (χ0) is 20.9. The molecule has 30 heavy (non-hydrogen) atoms. The normalized spacial score (nSPS) is 16.1. The monoisotopic (exact) mass is 424 g/mol. The number of hydrogen-bond acceptors (Lipinski definition) is 5. The molecular weight excluding hydrogens is 396 g/mol. The number of nitrogens with zero attached hydrogens (tertiary/aromatic N) is 2. The van der Waals surface area contributed by atoms with Gasteiger partial charge in [0.2, 0.25) is 5.91 Å². The number of aryl methyl sites for hydroxylation is 1. The second-order valence-corrected chi connectivity index (χ2v) is 8.55. The van der Waals surface area contributed by atoms with Crippen LogP contribution in [0.2, 0.25) is 0 Å². The highest BCUT2D eigenvalue weighted by Gasteiger charge is 2.26. The van der Waals surface area contributed by atoms with Crippen molar-refractivity contribution in [2.24, 2.45) is 0 Å². The van der Waals surface area contributed by atoms with E-state index in [1.807, 2.05) is 36.1 Å². The van der Waals surface area contributed by atoms with Crippen molar-refractivity contribution in [3.8, 4) is 5.75 Å². The van der Waals surface area contributed by atoms with Crippen LogP contribution < -0.4 is 9.64 Å². The fourth-order valence-corrected chi connectivity index (χ4v) is 4.77. The quantitative estimate of drug-likeness (QED) is 0.510. The highest BCUT2D eigenvalue weighted by atomic mass is 32.1. The summed E-state index contributed by atoms with van der Waals surface area (Å²) in [5.74, 6) is 0.868. The van der Waals surface area contributed by atoms with Gasteiger partial charge in [-0.15, -0.1) is 0 Å². The van der Waals surface area contributed by atoms with E-state index in [9.17, 15) is 4.79 Å². The van der Waals surface area contributed by atoms with Gasteiger partial charge in [0, 0.05) is 6.61 Å². The Bertz CT molecular complexity index is 993. The molecule has 0 N–H and O–H groups in total. The number of benzene rings is 2. The maximum absolute atomic E-state index is 13.3. The van der Waals surface area contributed by atoms with Crippen molar-refractivity contribution in [3.63, 3.8) is 0 Å². The van der Waals surface area contributed by atoms with E-state index in [0.29, 0.717) is 19.6 Å². The highest BCUT2D eigenvalue weighted by molar-refractivity contribution is 7.22. The fraction of sp³-hybridized carbons (Fsp3) is 0.417. The van der Waals surface area contributed by atoms with Crippen LogP contribution in [0.4, 0.5) is 5.13 Å². The third kappa shape index (κ3) is 4.82. The van der Waals surface area contributed by atoms with Crippen LogP contribution in [0.25, 0.3) is 10.2 Å². The molecule has 1 aromatic heterocycles. The molecule has 0 spiro atoms. The Morgan fingerprint density at radius 1 is 1.20 bits per heavy atom. The molecule has 2 heterocycles. The number of aromatic nitrogens is 1. The molecule has 0 aliphatic carbocycles. The number of carbonyl (C=O) groups excluding carboxylic acids is 1. The largest absolute Gasteiger partial charge is 0.494 e. The maximum Gasteiger partial charge on any atom is 0.233 e. The molecule has 1 amide bonds. The van der Waals surface area contributed by atoms with E-state index in [1.165, 1.54) is 5.56 Å². The zero-order valence-electron chi connectivity index (χ0n) is 17.6. The van der Waals surface area contributed by atoms with E-state index in [2.05, 4.69) is 25.1 Å². The number of rotatable bonds is 8. The van der Waals surface area contributed by atoms with Crippen LogP contribution in [0.3, 0.4) is 0 Å². The lowest BCUT2D eigenvalue weighted by Gasteiger charge is -2.23. The Kier molecular flexibility index (Phi) is 6.65. The smallest absolute Gasteiger partial charge is 0.233 e. The van der Waals surface area contributed by atoms with Gasteiger partial charge in [-0.25, -0.2) is 4.98 Å². The average Bonchev–Trinajstić information content (AvgIpc) is 3.42. The fourth-order valence-electron chi connectivity index (χ4n) is 3.71. The van der Waals surface area contributed by atoms with Gasteiger partial charge in [0.05, 0.1) is 35.9 Å². The Hall–Kier alpha value is -2.44. The van der Waals surface area contributed by atoms with Gasteiger partial charge in [0.25, 0.3) is 0 Å². The van der Waals surface area contributed by atoms with E-state index in [0.717, 1.165) is 52.5 Å². The first-order chi connectivity index (χ1) is 14.7. The molecule has 158 valence electrons. The molecule has 5 nitrogen and oxygen atoms in total. The lowest BCUT2D eigenvalue weighted by Crippen LogP contribution is -2.38. The van der Waals surface area contributed by atoms with Crippen molar-refractivity contribution in [1.82, 2.24) is 4.98 Å².